The molecule has 0 saturated carbocycles. The number of piperazine rings is 1. The minimum absolute atomic E-state index is 0. The van der Waals surface area contributed by atoms with Crippen LogP contribution in [0.4, 0.5) is 0 Å². The molecule has 1 N–H and O–H groups in total. The summed E-state index contributed by atoms with van der Waals surface area (Å²) in [6, 6.07) is 11.4. The molecule has 4 rings (SSSR count). The van der Waals surface area contributed by atoms with Crippen molar-refractivity contribution in [2.24, 2.45) is 4.99 Å². The first-order valence-electron chi connectivity index (χ1n) is 9.35. The van der Waals surface area contributed by atoms with Gasteiger partial charge in [-0.2, -0.15) is 4.31 Å². The molecule has 0 radical (unpaired) electrons. The molecule has 0 unspecified atom stereocenters. The van der Waals surface area contributed by atoms with E-state index in [1.807, 2.05) is 35.2 Å². The molecule has 0 amide bonds. The van der Waals surface area contributed by atoms with E-state index in [0.717, 1.165) is 22.7 Å². The van der Waals surface area contributed by atoms with E-state index in [9.17, 15) is 8.42 Å². The molecule has 3 heterocycles. The number of nitrogens with zero attached hydrogens (tertiary/aromatic N) is 4. The van der Waals surface area contributed by atoms with Gasteiger partial charge in [0.15, 0.2) is 5.96 Å². The van der Waals surface area contributed by atoms with Gasteiger partial charge >= 0.3 is 0 Å². The Bertz CT molecular complexity index is 1060. The fourth-order valence-electron chi connectivity index (χ4n) is 3.39. The van der Waals surface area contributed by atoms with Crippen LogP contribution in [0.25, 0.3) is 11.0 Å². The molecule has 1 saturated heterocycles. The highest BCUT2D eigenvalue weighted by atomic mass is 127. The van der Waals surface area contributed by atoms with Gasteiger partial charge in [0, 0.05) is 44.7 Å². The Balaban J connectivity index is 0.00000256. The van der Waals surface area contributed by atoms with Gasteiger partial charge < -0.3 is 19.2 Å². The van der Waals surface area contributed by atoms with E-state index in [2.05, 4.69) is 15.5 Å². The molecule has 11 heteroatoms. The van der Waals surface area contributed by atoms with Crippen LogP contribution >= 0.6 is 24.0 Å². The smallest absolute Gasteiger partial charge is 0.220 e. The zero-order chi connectivity index (χ0) is 20.3. The number of rotatable bonds is 5. The number of aromatic nitrogens is 1. The number of furan rings is 1. The summed E-state index contributed by atoms with van der Waals surface area (Å²) in [5.41, 5.74) is 1.26. The normalized spacial score (nSPS) is 15.9. The lowest BCUT2D eigenvalue weighted by Gasteiger charge is -2.35. The largest absolute Gasteiger partial charge is 0.459 e. The third kappa shape index (κ3) is 5.13. The van der Waals surface area contributed by atoms with Crippen molar-refractivity contribution in [1.29, 1.82) is 0 Å². The third-order valence-corrected chi connectivity index (χ3v) is 6.67. The zero-order valence-electron chi connectivity index (χ0n) is 16.5. The van der Waals surface area contributed by atoms with Crippen LogP contribution in [0.3, 0.4) is 0 Å². The maximum Gasteiger partial charge on any atom is 0.220 e. The van der Waals surface area contributed by atoms with Crippen LogP contribution in [0.15, 0.2) is 56.6 Å². The molecule has 1 aromatic carbocycles. The fraction of sp³-hybridized carbons (Fsp3) is 0.368. The van der Waals surface area contributed by atoms with E-state index in [-0.39, 0.29) is 29.7 Å². The molecule has 0 aliphatic carbocycles. The van der Waals surface area contributed by atoms with Crippen molar-refractivity contribution in [2.75, 3.05) is 33.2 Å². The summed E-state index contributed by atoms with van der Waals surface area (Å²) in [7, 11) is -1.71. The molecule has 0 atom stereocenters. The van der Waals surface area contributed by atoms with Crippen LogP contribution in [0, 0.1) is 0 Å². The molecular weight excluding hydrogens is 521 g/mol. The Morgan fingerprint density at radius 3 is 2.63 bits per heavy atom. The van der Waals surface area contributed by atoms with Gasteiger partial charge in [-0.15, -0.1) is 24.0 Å². The number of guanidine groups is 1. The summed E-state index contributed by atoms with van der Waals surface area (Å²) < 4.78 is 37.2. The zero-order valence-corrected chi connectivity index (χ0v) is 19.7. The molecule has 1 fully saturated rings. The van der Waals surface area contributed by atoms with E-state index in [1.165, 1.54) is 10.6 Å². The number of aliphatic imine (C=N–C) groups is 1. The first kappa shape index (κ1) is 22.6. The summed E-state index contributed by atoms with van der Waals surface area (Å²) >= 11 is 0. The van der Waals surface area contributed by atoms with Crippen LogP contribution in [0.2, 0.25) is 0 Å². The molecule has 2 aromatic heterocycles. The molecular formula is C19H24IN5O4S. The summed E-state index contributed by atoms with van der Waals surface area (Å²) in [4.78, 5) is 6.37. The Kier molecular flexibility index (Phi) is 7.36. The standard InChI is InChI=1S/C19H23N5O4S.HI/c1-20-19(21-13-17-12-15-4-2-3-5-18(15)28-17)23-7-9-24(10-8-23)29(25,26)14-16-6-11-27-22-16;/h2-6,11-12H,7-10,13-14H2,1H3,(H,20,21);1H. The third-order valence-electron chi connectivity index (χ3n) is 4.86. The lowest BCUT2D eigenvalue weighted by molar-refractivity contribution is 0.259. The monoisotopic (exact) mass is 545 g/mol. The topological polar surface area (TPSA) is 104 Å². The lowest BCUT2D eigenvalue weighted by atomic mass is 10.2. The highest BCUT2D eigenvalue weighted by molar-refractivity contribution is 14.0. The predicted octanol–water partition coefficient (Wildman–Crippen LogP) is 2.26. The van der Waals surface area contributed by atoms with Crippen molar-refractivity contribution in [3.63, 3.8) is 0 Å². The maximum atomic E-state index is 12.6. The predicted molar refractivity (Wildman–Crippen MR) is 124 cm³/mol. The summed E-state index contributed by atoms with van der Waals surface area (Å²) in [5, 5.41) is 8.05. The number of para-hydroxylation sites is 1. The second kappa shape index (κ2) is 9.79. The first-order valence-corrected chi connectivity index (χ1v) is 11.0. The second-order valence-electron chi connectivity index (χ2n) is 6.78. The Morgan fingerprint density at radius 2 is 1.97 bits per heavy atom. The SMILES string of the molecule is CN=C(NCc1cc2ccccc2o1)N1CCN(S(=O)(=O)Cc2ccon2)CC1.I. The van der Waals surface area contributed by atoms with Crippen molar-refractivity contribution < 1.29 is 17.4 Å². The Labute approximate surface area is 192 Å². The van der Waals surface area contributed by atoms with Crippen LogP contribution in [-0.4, -0.2) is 62.0 Å². The second-order valence-corrected chi connectivity index (χ2v) is 8.75. The molecule has 0 spiro atoms. The number of halogens is 1. The number of fused-ring (bicyclic) bond motifs is 1. The lowest BCUT2D eigenvalue weighted by Crippen LogP contribution is -2.53. The molecule has 9 nitrogen and oxygen atoms in total. The number of sulfonamides is 1. The van der Waals surface area contributed by atoms with E-state index in [1.54, 1.807) is 13.1 Å². The van der Waals surface area contributed by atoms with Crippen molar-refractivity contribution in [2.45, 2.75) is 12.3 Å². The van der Waals surface area contributed by atoms with Gasteiger partial charge in [0.05, 0.1) is 12.2 Å². The van der Waals surface area contributed by atoms with Gasteiger partial charge in [0.1, 0.15) is 23.4 Å². The maximum absolute atomic E-state index is 12.6. The summed E-state index contributed by atoms with van der Waals surface area (Å²) in [5.74, 6) is 1.39. The number of benzene rings is 1. The molecule has 3 aromatic rings. The molecule has 162 valence electrons. The van der Waals surface area contributed by atoms with E-state index in [0.29, 0.717) is 38.4 Å². The van der Waals surface area contributed by atoms with Gasteiger partial charge in [-0.3, -0.25) is 4.99 Å². The van der Waals surface area contributed by atoms with Gasteiger partial charge in [-0.05, 0) is 12.1 Å². The molecule has 1 aliphatic heterocycles. The molecule has 1 aliphatic rings. The highest BCUT2D eigenvalue weighted by Crippen LogP contribution is 2.19. The number of hydrogen-bond acceptors (Lipinski definition) is 6. The van der Waals surface area contributed by atoms with Gasteiger partial charge in [-0.25, -0.2) is 8.42 Å². The van der Waals surface area contributed by atoms with Crippen molar-refractivity contribution in [1.82, 2.24) is 19.7 Å². The van der Waals surface area contributed by atoms with E-state index >= 15 is 0 Å². The van der Waals surface area contributed by atoms with Gasteiger partial charge in [-0.1, -0.05) is 23.4 Å². The Hall–Kier alpha value is -2.12. The average Bonchev–Trinajstić information content (AvgIpc) is 3.37. The fourth-order valence-corrected chi connectivity index (χ4v) is 4.82. The van der Waals surface area contributed by atoms with E-state index in [4.69, 9.17) is 8.94 Å². The van der Waals surface area contributed by atoms with Crippen LogP contribution in [0.5, 0.6) is 0 Å². The van der Waals surface area contributed by atoms with Crippen molar-refractivity contribution >= 4 is 50.9 Å². The minimum Gasteiger partial charge on any atom is -0.459 e. The van der Waals surface area contributed by atoms with Crippen molar-refractivity contribution in [3.05, 3.63) is 54.1 Å². The summed E-state index contributed by atoms with van der Waals surface area (Å²) in [6.45, 7) is 2.40. The Morgan fingerprint density at radius 1 is 1.20 bits per heavy atom. The van der Waals surface area contributed by atoms with Crippen LogP contribution in [-0.2, 0) is 22.3 Å². The summed E-state index contributed by atoms with van der Waals surface area (Å²) in [6.07, 6.45) is 1.38. The first-order chi connectivity index (χ1) is 14.0. The van der Waals surface area contributed by atoms with Gasteiger partial charge in [0.25, 0.3) is 0 Å². The van der Waals surface area contributed by atoms with E-state index < -0.39 is 10.0 Å². The highest BCUT2D eigenvalue weighted by Gasteiger charge is 2.29. The number of nitrogens with one attached hydrogen (secondary N) is 1. The van der Waals surface area contributed by atoms with Crippen molar-refractivity contribution in [3.8, 4) is 0 Å². The average molecular weight is 545 g/mol. The molecule has 30 heavy (non-hydrogen) atoms. The quantitative estimate of drug-likeness (QED) is 0.298. The van der Waals surface area contributed by atoms with Crippen LogP contribution < -0.4 is 5.32 Å². The molecule has 0 bridgehead atoms. The van der Waals surface area contributed by atoms with Crippen LogP contribution in [0.1, 0.15) is 11.5 Å². The number of hydrogen-bond donors (Lipinski definition) is 1. The minimum atomic E-state index is -3.42. The van der Waals surface area contributed by atoms with Gasteiger partial charge in [0.2, 0.25) is 10.0 Å².